The molecule has 0 aromatic heterocycles. The summed E-state index contributed by atoms with van der Waals surface area (Å²) in [5.74, 6) is 0.266. The summed E-state index contributed by atoms with van der Waals surface area (Å²) in [5.41, 5.74) is 5.21. The molecule has 0 aliphatic carbocycles. The van der Waals surface area contributed by atoms with E-state index >= 15 is 0 Å². The first-order chi connectivity index (χ1) is 11.0. The topological polar surface area (TPSA) is 32.6 Å². The second kappa shape index (κ2) is 6.43. The first-order valence-electron chi connectivity index (χ1n) is 8.48. The second-order valence-electron chi connectivity index (χ2n) is 8.48. The van der Waals surface area contributed by atoms with Crippen LogP contribution in [0.1, 0.15) is 65.2 Å². The lowest BCUT2D eigenvalue weighted by molar-refractivity contribution is 0.474. The van der Waals surface area contributed by atoms with Crippen molar-refractivity contribution in [2.75, 3.05) is 0 Å². The number of phenolic OH excluding ortho intramolecular Hbond substituents is 1. The summed E-state index contributed by atoms with van der Waals surface area (Å²) in [5, 5.41) is 10.0. The molecule has 2 rings (SSSR count). The zero-order valence-corrected chi connectivity index (χ0v) is 15.9. The van der Waals surface area contributed by atoms with Gasteiger partial charge >= 0.3 is 0 Å². The Hall–Kier alpha value is -2.09. The maximum atomic E-state index is 10.0. The molecule has 0 bridgehead atoms. The average molecular weight is 323 g/mol. The van der Waals surface area contributed by atoms with Crippen LogP contribution in [-0.2, 0) is 10.8 Å². The summed E-state index contributed by atoms with van der Waals surface area (Å²) in [6, 6.07) is 13.9. The van der Waals surface area contributed by atoms with Crippen molar-refractivity contribution in [3.8, 4) is 5.75 Å². The van der Waals surface area contributed by atoms with Crippen molar-refractivity contribution < 1.29 is 5.11 Å². The molecule has 0 heterocycles. The molecule has 24 heavy (non-hydrogen) atoms. The molecule has 2 aromatic carbocycles. The van der Waals surface area contributed by atoms with Gasteiger partial charge in [0.05, 0.1) is 5.69 Å². The van der Waals surface area contributed by atoms with E-state index in [0.717, 1.165) is 17.0 Å². The van der Waals surface area contributed by atoms with Crippen LogP contribution in [0.25, 0.3) is 0 Å². The lowest BCUT2D eigenvalue weighted by atomic mass is 9.80. The number of para-hydroxylation sites is 1. The van der Waals surface area contributed by atoms with Gasteiger partial charge in [-0.1, -0.05) is 59.7 Å². The van der Waals surface area contributed by atoms with Crippen molar-refractivity contribution in [2.45, 2.75) is 59.3 Å². The van der Waals surface area contributed by atoms with Crippen LogP contribution in [-0.4, -0.2) is 10.8 Å². The number of phenols is 1. The molecule has 0 radical (unpaired) electrons. The monoisotopic (exact) mass is 323 g/mol. The Morgan fingerprint density at radius 1 is 0.833 bits per heavy atom. The van der Waals surface area contributed by atoms with Crippen molar-refractivity contribution in [3.63, 3.8) is 0 Å². The fraction of sp³-hybridized carbons (Fsp3) is 0.409. The van der Waals surface area contributed by atoms with Gasteiger partial charge in [-0.2, -0.15) is 0 Å². The SMILES string of the molecule is CC(=Nc1cc(C(C)(C)C)cc(C(C)(C)C)c1)c1ccccc1O. The van der Waals surface area contributed by atoms with E-state index in [-0.39, 0.29) is 16.6 Å². The third kappa shape index (κ3) is 4.25. The highest BCUT2D eigenvalue weighted by molar-refractivity contribution is 6.02. The molecule has 1 N–H and O–H groups in total. The smallest absolute Gasteiger partial charge is 0.124 e. The van der Waals surface area contributed by atoms with Crippen molar-refractivity contribution in [1.29, 1.82) is 0 Å². The van der Waals surface area contributed by atoms with Gasteiger partial charge in [0.2, 0.25) is 0 Å². The van der Waals surface area contributed by atoms with Crippen molar-refractivity contribution >= 4 is 11.4 Å². The maximum absolute atomic E-state index is 10.0. The summed E-state index contributed by atoms with van der Waals surface area (Å²) in [7, 11) is 0. The van der Waals surface area contributed by atoms with Crippen LogP contribution in [0.15, 0.2) is 47.5 Å². The fourth-order valence-corrected chi connectivity index (χ4v) is 2.58. The Morgan fingerprint density at radius 2 is 1.33 bits per heavy atom. The molecule has 0 spiro atoms. The van der Waals surface area contributed by atoms with Crippen LogP contribution in [0.5, 0.6) is 5.75 Å². The van der Waals surface area contributed by atoms with E-state index in [1.807, 2.05) is 25.1 Å². The first-order valence-corrected chi connectivity index (χ1v) is 8.48. The number of aliphatic imine (C=N–C) groups is 1. The van der Waals surface area contributed by atoms with Gasteiger partial charge in [0, 0.05) is 11.3 Å². The summed E-state index contributed by atoms with van der Waals surface area (Å²) >= 11 is 0. The van der Waals surface area contributed by atoms with Crippen LogP contribution in [0.2, 0.25) is 0 Å². The molecule has 2 nitrogen and oxygen atoms in total. The van der Waals surface area contributed by atoms with Gasteiger partial charge in [-0.05, 0) is 53.1 Å². The van der Waals surface area contributed by atoms with E-state index in [1.165, 1.54) is 11.1 Å². The van der Waals surface area contributed by atoms with E-state index in [9.17, 15) is 5.11 Å². The molecule has 2 aromatic rings. The molecule has 0 saturated carbocycles. The Kier molecular flexibility index (Phi) is 4.89. The van der Waals surface area contributed by atoms with Crippen molar-refractivity contribution in [3.05, 3.63) is 59.2 Å². The number of hydrogen-bond acceptors (Lipinski definition) is 2. The van der Waals surface area contributed by atoms with E-state index in [4.69, 9.17) is 4.99 Å². The Morgan fingerprint density at radius 3 is 1.79 bits per heavy atom. The van der Waals surface area contributed by atoms with E-state index in [1.54, 1.807) is 6.07 Å². The Labute approximate surface area is 146 Å². The summed E-state index contributed by atoms with van der Waals surface area (Å²) in [4.78, 5) is 4.80. The predicted molar refractivity (Wildman–Crippen MR) is 104 cm³/mol. The third-order valence-electron chi connectivity index (χ3n) is 4.24. The van der Waals surface area contributed by atoms with Crippen LogP contribution >= 0.6 is 0 Å². The number of nitrogens with zero attached hydrogens (tertiary/aromatic N) is 1. The summed E-state index contributed by atoms with van der Waals surface area (Å²) in [6.07, 6.45) is 0. The predicted octanol–water partition coefficient (Wildman–Crippen LogP) is 6.13. The Balaban J connectivity index is 2.57. The quantitative estimate of drug-likeness (QED) is 0.663. The molecule has 0 unspecified atom stereocenters. The first kappa shape index (κ1) is 18.3. The highest BCUT2D eigenvalue weighted by Crippen LogP contribution is 2.33. The van der Waals surface area contributed by atoms with Crippen LogP contribution in [0, 0.1) is 0 Å². The lowest BCUT2D eigenvalue weighted by Crippen LogP contribution is -2.16. The Bertz CT molecular complexity index is 726. The van der Waals surface area contributed by atoms with Gasteiger partial charge < -0.3 is 5.11 Å². The molecule has 0 aliphatic rings. The highest BCUT2D eigenvalue weighted by atomic mass is 16.3. The van der Waals surface area contributed by atoms with Gasteiger partial charge in [-0.3, -0.25) is 4.99 Å². The number of hydrogen-bond donors (Lipinski definition) is 1. The fourth-order valence-electron chi connectivity index (χ4n) is 2.58. The van der Waals surface area contributed by atoms with Gasteiger partial charge in [0.25, 0.3) is 0 Å². The number of aromatic hydroxyl groups is 1. The minimum absolute atomic E-state index is 0.0638. The minimum atomic E-state index is 0.0638. The maximum Gasteiger partial charge on any atom is 0.124 e. The van der Waals surface area contributed by atoms with Crippen molar-refractivity contribution in [1.82, 2.24) is 0 Å². The second-order valence-corrected chi connectivity index (χ2v) is 8.48. The zero-order chi connectivity index (χ0) is 18.1. The standard InChI is InChI=1S/C22H29NO/c1-15(19-10-8-9-11-20(19)24)23-18-13-16(21(2,3)4)12-17(14-18)22(5,6)7/h8-14,24H,1-7H3. The summed E-state index contributed by atoms with van der Waals surface area (Å²) in [6.45, 7) is 15.3. The third-order valence-corrected chi connectivity index (χ3v) is 4.24. The van der Waals surface area contributed by atoms with Crippen molar-refractivity contribution in [2.24, 2.45) is 4.99 Å². The van der Waals surface area contributed by atoms with Crippen LogP contribution < -0.4 is 0 Å². The molecule has 0 saturated heterocycles. The largest absolute Gasteiger partial charge is 0.507 e. The highest BCUT2D eigenvalue weighted by Gasteiger charge is 2.20. The van der Waals surface area contributed by atoms with Gasteiger partial charge in [-0.25, -0.2) is 0 Å². The van der Waals surface area contributed by atoms with Gasteiger partial charge in [0.15, 0.2) is 0 Å². The number of benzene rings is 2. The summed E-state index contributed by atoms with van der Waals surface area (Å²) < 4.78 is 0. The molecular formula is C22H29NO. The molecule has 2 heteroatoms. The van der Waals surface area contributed by atoms with E-state index in [0.29, 0.717) is 0 Å². The lowest BCUT2D eigenvalue weighted by Gasteiger charge is -2.25. The molecule has 0 amide bonds. The van der Waals surface area contributed by atoms with Gasteiger partial charge in [-0.15, -0.1) is 0 Å². The molecule has 0 atom stereocenters. The molecule has 0 fully saturated rings. The van der Waals surface area contributed by atoms with E-state index < -0.39 is 0 Å². The molecule has 0 aliphatic heterocycles. The number of rotatable bonds is 2. The van der Waals surface area contributed by atoms with Crippen LogP contribution in [0.3, 0.4) is 0 Å². The van der Waals surface area contributed by atoms with Crippen LogP contribution in [0.4, 0.5) is 5.69 Å². The van der Waals surface area contributed by atoms with E-state index in [2.05, 4.69) is 59.7 Å². The zero-order valence-electron chi connectivity index (χ0n) is 15.9. The molecule has 128 valence electrons. The minimum Gasteiger partial charge on any atom is -0.507 e. The normalized spacial score (nSPS) is 13.2. The molecular weight excluding hydrogens is 294 g/mol. The average Bonchev–Trinajstić information content (AvgIpc) is 2.45. The van der Waals surface area contributed by atoms with Gasteiger partial charge in [0.1, 0.15) is 5.75 Å².